The van der Waals surface area contributed by atoms with Gasteiger partial charge < -0.3 is 10.6 Å². The van der Waals surface area contributed by atoms with Crippen LogP contribution in [0.25, 0.3) is 0 Å². The molecule has 0 amide bonds. The largest absolute Gasteiger partial charge is 0.328 e. The molecule has 0 aliphatic carbocycles. The number of hydrogen-bond donors (Lipinski definition) is 2. The molecule has 0 aromatic heterocycles. The fraction of sp³-hybridized carbons (Fsp3) is 1.00. The second kappa shape index (κ2) is 6.68. The smallest absolute Gasteiger partial charge is 0.00397 e. The van der Waals surface area contributed by atoms with E-state index in [-0.39, 0.29) is 0 Å². The van der Waals surface area contributed by atoms with Gasteiger partial charge >= 0.3 is 0 Å². The minimum absolute atomic E-state index is 0.465. The summed E-state index contributed by atoms with van der Waals surface area (Å²) < 4.78 is 0. The van der Waals surface area contributed by atoms with E-state index in [0.29, 0.717) is 6.04 Å². The quantitative estimate of drug-likeness (QED) is 0.679. The average Bonchev–Trinajstić information content (AvgIpc) is 2.09. The van der Waals surface area contributed by atoms with Crippen molar-refractivity contribution >= 4 is 12.6 Å². The lowest BCUT2D eigenvalue weighted by molar-refractivity contribution is 0.241. The molecule has 1 fully saturated rings. The first-order valence-electron chi connectivity index (χ1n) is 5.41. The van der Waals surface area contributed by atoms with Crippen LogP contribution >= 0.6 is 12.6 Å². The SMILES string of the molecule is NC1CCCN(CCCS)CCC1. The zero-order valence-corrected chi connectivity index (χ0v) is 9.31. The van der Waals surface area contributed by atoms with E-state index in [1.165, 1.54) is 51.7 Å². The van der Waals surface area contributed by atoms with Gasteiger partial charge in [0.2, 0.25) is 0 Å². The predicted octanol–water partition coefficient (Wildman–Crippen LogP) is 1.51. The monoisotopic (exact) mass is 202 g/mol. The minimum Gasteiger partial charge on any atom is -0.328 e. The van der Waals surface area contributed by atoms with E-state index < -0.39 is 0 Å². The number of rotatable bonds is 3. The number of nitrogens with zero attached hydrogens (tertiary/aromatic N) is 1. The van der Waals surface area contributed by atoms with Crippen molar-refractivity contribution < 1.29 is 0 Å². The van der Waals surface area contributed by atoms with Crippen LogP contribution in [0.15, 0.2) is 0 Å². The van der Waals surface area contributed by atoms with E-state index >= 15 is 0 Å². The van der Waals surface area contributed by atoms with E-state index in [2.05, 4.69) is 17.5 Å². The van der Waals surface area contributed by atoms with Gasteiger partial charge in [0.05, 0.1) is 0 Å². The van der Waals surface area contributed by atoms with Gasteiger partial charge in [0.15, 0.2) is 0 Å². The molecule has 0 spiro atoms. The van der Waals surface area contributed by atoms with Crippen LogP contribution in [-0.4, -0.2) is 36.3 Å². The van der Waals surface area contributed by atoms with Gasteiger partial charge in [-0.1, -0.05) is 0 Å². The lowest BCUT2D eigenvalue weighted by Crippen LogP contribution is -2.33. The summed E-state index contributed by atoms with van der Waals surface area (Å²) in [6.45, 7) is 3.70. The van der Waals surface area contributed by atoms with Gasteiger partial charge in [-0.3, -0.25) is 0 Å². The van der Waals surface area contributed by atoms with Crippen molar-refractivity contribution in [3.05, 3.63) is 0 Å². The Bertz CT molecular complexity index is 120. The van der Waals surface area contributed by atoms with Gasteiger partial charge in [-0.25, -0.2) is 0 Å². The van der Waals surface area contributed by atoms with Crippen LogP contribution in [-0.2, 0) is 0 Å². The van der Waals surface area contributed by atoms with E-state index in [1.807, 2.05) is 0 Å². The third-order valence-electron chi connectivity index (χ3n) is 2.73. The molecule has 2 nitrogen and oxygen atoms in total. The maximum absolute atomic E-state index is 5.92. The summed E-state index contributed by atoms with van der Waals surface area (Å²) in [5.74, 6) is 1.01. The normalized spacial score (nSPS) is 22.6. The molecule has 0 atom stereocenters. The van der Waals surface area contributed by atoms with Crippen molar-refractivity contribution in [3.63, 3.8) is 0 Å². The third kappa shape index (κ3) is 4.89. The fourth-order valence-electron chi connectivity index (χ4n) is 1.93. The summed E-state index contributed by atoms with van der Waals surface area (Å²) in [5.41, 5.74) is 5.92. The lowest BCUT2D eigenvalue weighted by Gasteiger charge is -2.26. The van der Waals surface area contributed by atoms with Gasteiger partial charge in [0.25, 0.3) is 0 Å². The standard InChI is InChI=1S/C10H22N2S/c11-10-4-1-6-12(7-2-5-10)8-3-9-13/h10,13H,1-9,11H2. The number of likely N-dealkylation sites (tertiary alicyclic amines) is 1. The Balaban J connectivity index is 2.16. The Hall–Kier alpha value is 0.270. The molecule has 1 aliphatic rings. The fourth-order valence-corrected chi connectivity index (χ4v) is 2.07. The first-order valence-corrected chi connectivity index (χ1v) is 6.05. The van der Waals surface area contributed by atoms with E-state index in [4.69, 9.17) is 5.73 Å². The Morgan fingerprint density at radius 3 is 2.38 bits per heavy atom. The summed E-state index contributed by atoms with van der Waals surface area (Å²) in [6.07, 6.45) is 6.17. The number of nitrogens with two attached hydrogens (primary N) is 1. The van der Waals surface area contributed by atoms with Crippen LogP contribution in [0.2, 0.25) is 0 Å². The molecule has 1 saturated heterocycles. The second-order valence-electron chi connectivity index (χ2n) is 3.96. The molecule has 0 aromatic carbocycles. The number of hydrogen-bond acceptors (Lipinski definition) is 3. The van der Waals surface area contributed by atoms with E-state index in [1.54, 1.807) is 0 Å². The predicted molar refractivity (Wildman–Crippen MR) is 61.4 cm³/mol. The Morgan fingerprint density at radius 2 is 1.85 bits per heavy atom. The first-order chi connectivity index (χ1) is 6.33. The summed E-state index contributed by atoms with van der Waals surface area (Å²) in [4.78, 5) is 2.56. The van der Waals surface area contributed by atoms with Gasteiger partial charge in [-0.15, -0.1) is 0 Å². The van der Waals surface area contributed by atoms with Gasteiger partial charge in [0, 0.05) is 6.04 Å². The highest BCUT2D eigenvalue weighted by Gasteiger charge is 2.11. The molecular weight excluding hydrogens is 180 g/mol. The van der Waals surface area contributed by atoms with Crippen LogP contribution in [0.1, 0.15) is 32.1 Å². The van der Waals surface area contributed by atoms with Gasteiger partial charge in [0.1, 0.15) is 0 Å². The van der Waals surface area contributed by atoms with E-state index in [9.17, 15) is 0 Å². The third-order valence-corrected chi connectivity index (χ3v) is 3.05. The summed E-state index contributed by atoms with van der Waals surface area (Å²) in [5, 5.41) is 0. The average molecular weight is 202 g/mol. The van der Waals surface area contributed by atoms with Crippen LogP contribution in [0.5, 0.6) is 0 Å². The zero-order chi connectivity index (χ0) is 9.52. The second-order valence-corrected chi connectivity index (χ2v) is 4.41. The Kier molecular flexibility index (Phi) is 5.83. The van der Waals surface area contributed by atoms with Crippen LogP contribution in [0.4, 0.5) is 0 Å². The Labute approximate surface area is 87.3 Å². The molecule has 0 bridgehead atoms. The van der Waals surface area contributed by atoms with Crippen molar-refractivity contribution in [1.29, 1.82) is 0 Å². The molecule has 1 rings (SSSR count). The van der Waals surface area contributed by atoms with E-state index in [0.717, 1.165) is 5.75 Å². The lowest BCUT2D eigenvalue weighted by atomic mass is 10.0. The van der Waals surface area contributed by atoms with Crippen molar-refractivity contribution in [1.82, 2.24) is 4.90 Å². The molecule has 13 heavy (non-hydrogen) atoms. The first kappa shape index (κ1) is 11.3. The van der Waals surface area contributed by atoms with Gasteiger partial charge in [-0.2, -0.15) is 12.6 Å². The number of thiol groups is 1. The zero-order valence-electron chi connectivity index (χ0n) is 8.41. The molecule has 0 radical (unpaired) electrons. The van der Waals surface area contributed by atoms with Crippen LogP contribution < -0.4 is 5.73 Å². The van der Waals surface area contributed by atoms with Crippen LogP contribution in [0.3, 0.4) is 0 Å². The molecule has 0 saturated carbocycles. The maximum Gasteiger partial charge on any atom is 0.00397 e. The van der Waals surface area contributed by atoms with Gasteiger partial charge in [-0.05, 0) is 57.5 Å². The summed E-state index contributed by atoms with van der Waals surface area (Å²) >= 11 is 4.24. The van der Waals surface area contributed by atoms with Crippen molar-refractivity contribution in [2.45, 2.75) is 38.1 Å². The van der Waals surface area contributed by atoms with Crippen molar-refractivity contribution in [2.75, 3.05) is 25.4 Å². The maximum atomic E-state index is 5.92. The molecule has 3 heteroatoms. The summed E-state index contributed by atoms with van der Waals surface area (Å²) in [7, 11) is 0. The highest BCUT2D eigenvalue weighted by atomic mass is 32.1. The molecule has 0 unspecified atom stereocenters. The summed E-state index contributed by atoms with van der Waals surface area (Å²) in [6, 6.07) is 0.465. The molecule has 78 valence electrons. The molecule has 1 heterocycles. The highest BCUT2D eigenvalue weighted by Crippen LogP contribution is 2.10. The molecule has 1 aliphatic heterocycles. The highest BCUT2D eigenvalue weighted by molar-refractivity contribution is 7.80. The topological polar surface area (TPSA) is 29.3 Å². The molecule has 2 N–H and O–H groups in total. The van der Waals surface area contributed by atoms with Crippen LogP contribution in [0, 0.1) is 0 Å². The Morgan fingerprint density at radius 1 is 1.23 bits per heavy atom. The van der Waals surface area contributed by atoms with Crippen molar-refractivity contribution in [2.24, 2.45) is 5.73 Å². The molecule has 0 aromatic rings. The minimum atomic E-state index is 0.465. The molecular formula is C10H22N2S. The van der Waals surface area contributed by atoms with Crippen molar-refractivity contribution in [3.8, 4) is 0 Å².